The summed E-state index contributed by atoms with van der Waals surface area (Å²) in [5, 5.41) is 3.03. The maximum absolute atomic E-state index is 12.8. The van der Waals surface area contributed by atoms with Crippen LogP contribution >= 0.6 is 23.5 Å². The molecule has 0 atom stereocenters. The third-order valence-corrected chi connectivity index (χ3v) is 5.76. The molecule has 2 aromatic heterocycles. The first-order chi connectivity index (χ1) is 12.1. The third-order valence-electron chi connectivity index (χ3n) is 3.44. The zero-order valence-electron chi connectivity index (χ0n) is 13.6. The molecule has 2 heterocycles. The average Bonchev–Trinajstić information content (AvgIpc) is 3.30. The Balaban J connectivity index is 1.98. The summed E-state index contributed by atoms with van der Waals surface area (Å²) in [5.41, 5.74) is 0.816. The lowest BCUT2D eigenvalue weighted by Crippen LogP contribution is -2.14. The van der Waals surface area contributed by atoms with E-state index >= 15 is 0 Å². The lowest BCUT2D eigenvalue weighted by Gasteiger charge is -2.11. The van der Waals surface area contributed by atoms with Crippen molar-refractivity contribution >= 4 is 34.8 Å². The molecular weight excluding hydrogens is 411 g/mol. The Morgan fingerprint density at radius 1 is 1.20 bits per heavy atom. The smallest absolute Gasteiger partial charge is 0.384 e. The number of halogens is 1. The predicted octanol–water partition coefficient (Wildman–Crippen LogP) is 4.42. The first-order valence-corrected chi connectivity index (χ1v) is 9.64. The van der Waals surface area contributed by atoms with Crippen LogP contribution in [-0.4, -0.2) is 19.2 Å². The highest BCUT2D eigenvalue weighted by atomic mass is 79.9. The Hall–Kier alpha value is -1.86. The maximum atomic E-state index is 12.8. The van der Waals surface area contributed by atoms with Gasteiger partial charge in [-0.15, -0.1) is 0 Å². The van der Waals surface area contributed by atoms with Crippen LogP contribution in [0.5, 0.6) is 0 Å². The van der Waals surface area contributed by atoms with Gasteiger partial charge in [-0.25, -0.2) is 0 Å². The van der Waals surface area contributed by atoms with Crippen LogP contribution in [0.3, 0.4) is 0 Å². The Morgan fingerprint density at radius 3 is 2.52 bits per heavy atom. The van der Waals surface area contributed by atoms with E-state index in [9.17, 15) is 4.57 Å². The summed E-state index contributed by atoms with van der Waals surface area (Å²) < 4.78 is 34.9. The molecule has 0 fully saturated rings. The molecule has 0 radical (unpaired) electrons. The predicted molar refractivity (Wildman–Crippen MR) is 96.9 cm³/mol. The molecule has 0 aliphatic carbocycles. The van der Waals surface area contributed by atoms with Gasteiger partial charge in [0.1, 0.15) is 5.76 Å². The summed E-state index contributed by atoms with van der Waals surface area (Å²) in [5.74, 6) is 1.21. The Labute approximate surface area is 153 Å². The van der Waals surface area contributed by atoms with Gasteiger partial charge in [0.25, 0.3) is 0 Å². The average molecular weight is 427 g/mol. The topological polar surface area (TPSA) is 86.7 Å². The van der Waals surface area contributed by atoms with E-state index in [1.165, 1.54) is 14.2 Å². The van der Waals surface area contributed by atoms with Crippen molar-refractivity contribution in [1.29, 1.82) is 0 Å². The van der Waals surface area contributed by atoms with Crippen LogP contribution in [0.25, 0.3) is 11.5 Å². The van der Waals surface area contributed by atoms with Gasteiger partial charge in [0.15, 0.2) is 0 Å². The number of furan rings is 1. The largest absolute Gasteiger partial charge is 0.467 e. The van der Waals surface area contributed by atoms with Crippen molar-refractivity contribution in [2.24, 2.45) is 0 Å². The van der Waals surface area contributed by atoms with E-state index in [1.807, 2.05) is 30.3 Å². The highest BCUT2D eigenvalue weighted by Gasteiger charge is 2.34. The van der Waals surface area contributed by atoms with Gasteiger partial charge in [0.05, 0.1) is 12.8 Å². The number of benzene rings is 1. The van der Waals surface area contributed by atoms with Gasteiger partial charge in [0, 0.05) is 24.3 Å². The SMILES string of the molecule is COP(=O)(OC)c1nc(-c2ccc(Br)cc2)oc1NCc1ccco1. The quantitative estimate of drug-likeness (QED) is 0.559. The molecule has 3 rings (SSSR count). The van der Waals surface area contributed by atoms with Crippen LogP contribution in [0.2, 0.25) is 0 Å². The number of nitrogens with zero attached hydrogens (tertiary/aromatic N) is 1. The number of hydrogen-bond donors (Lipinski definition) is 1. The monoisotopic (exact) mass is 426 g/mol. The third kappa shape index (κ3) is 3.88. The van der Waals surface area contributed by atoms with Gasteiger partial charge >= 0.3 is 7.60 Å². The van der Waals surface area contributed by atoms with Crippen LogP contribution in [0.15, 0.2) is 56.0 Å². The van der Waals surface area contributed by atoms with Gasteiger partial charge < -0.3 is 23.2 Å². The Bertz CT molecular complexity index is 869. The van der Waals surface area contributed by atoms with Crippen molar-refractivity contribution < 1.29 is 22.4 Å². The number of oxazole rings is 1. The van der Waals surface area contributed by atoms with Crippen molar-refractivity contribution in [3.8, 4) is 11.5 Å². The van der Waals surface area contributed by atoms with E-state index in [0.717, 1.165) is 10.0 Å². The van der Waals surface area contributed by atoms with Crippen LogP contribution in [0.1, 0.15) is 5.76 Å². The summed E-state index contributed by atoms with van der Waals surface area (Å²) >= 11 is 3.38. The van der Waals surface area contributed by atoms with E-state index in [1.54, 1.807) is 12.3 Å². The number of rotatable bonds is 7. The van der Waals surface area contributed by atoms with Crippen LogP contribution in [0.4, 0.5) is 5.88 Å². The second-order valence-electron chi connectivity index (χ2n) is 4.97. The second kappa shape index (κ2) is 7.58. The van der Waals surface area contributed by atoms with Crippen molar-refractivity contribution in [1.82, 2.24) is 4.98 Å². The lowest BCUT2D eigenvalue weighted by molar-refractivity contribution is 0.286. The zero-order chi connectivity index (χ0) is 17.9. The minimum atomic E-state index is -3.59. The normalized spacial score (nSPS) is 11.6. The molecule has 0 aliphatic rings. The zero-order valence-corrected chi connectivity index (χ0v) is 16.0. The molecule has 0 amide bonds. The Morgan fingerprint density at radius 2 is 1.92 bits per heavy atom. The van der Waals surface area contributed by atoms with Crippen LogP contribution in [0, 0.1) is 0 Å². The van der Waals surface area contributed by atoms with Gasteiger partial charge in [-0.2, -0.15) is 4.98 Å². The molecule has 3 aromatic rings. The minimum absolute atomic E-state index is 0.0852. The number of hydrogen-bond acceptors (Lipinski definition) is 7. The highest BCUT2D eigenvalue weighted by Crippen LogP contribution is 2.47. The first-order valence-electron chi connectivity index (χ1n) is 7.31. The van der Waals surface area contributed by atoms with Gasteiger partial charge in [-0.3, -0.25) is 4.57 Å². The first kappa shape index (κ1) is 17.9. The molecule has 0 saturated carbocycles. The van der Waals surface area contributed by atoms with E-state index in [0.29, 0.717) is 18.2 Å². The molecule has 0 aliphatic heterocycles. The van der Waals surface area contributed by atoms with Gasteiger partial charge in [0.2, 0.25) is 17.2 Å². The Kier molecular flexibility index (Phi) is 5.44. The van der Waals surface area contributed by atoms with Crippen molar-refractivity contribution in [2.45, 2.75) is 6.54 Å². The molecule has 0 saturated heterocycles. The molecule has 0 unspecified atom stereocenters. The van der Waals surface area contributed by atoms with Crippen LogP contribution in [-0.2, 0) is 20.2 Å². The van der Waals surface area contributed by atoms with Crippen molar-refractivity contribution in [3.63, 3.8) is 0 Å². The number of anilines is 1. The van der Waals surface area contributed by atoms with E-state index in [4.69, 9.17) is 17.9 Å². The summed E-state index contributed by atoms with van der Waals surface area (Å²) in [6.45, 7) is 0.336. The molecule has 1 N–H and O–H groups in total. The summed E-state index contributed by atoms with van der Waals surface area (Å²) in [7, 11) is -0.994. The number of aromatic nitrogens is 1. The van der Waals surface area contributed by atoms with E-state index in [-0.39, 0.29) is 11.3 Å². The fourth-order valence-electron chi connectivity index (χ4n) is 2.16. The molecule has 25 heavy (non-hydrogen) atoms. The maximum Gasteiger partial charge on any atom is 0.384 e. The molecule has 7 nitrogen and oxygen atoms in total. The second-order valence-corrected chi connectivity index (χ2v) is 8.04. The van der Waals surface area contributed by atoms with Crippen molar-refractivity contribution in [3.05, 3.63) is 52.9 Å². The summed E-state index contributed by atoms with van der Waals surface area (Å²) in [6, 6.07) is 11.0. The highest BCUT2D eigenvalue weighted by molar-refractivity contribution is 9.10. The summed E-state index contributed by atoms with van der Waals surface area (Å²) in [4.78, 5) is 4.34. The molecule has 1 aromatic carbocycles. The fourth-order valence-corrected chi connectivity index (χ4v) is 3.50. The summed E-state index contributed by atoms with van der Waals surface area (Å²) in [6.07, 6.45) is 1.57. The molecule has 0 spiro atoms. The van der Waals surface area contributed by atoms with Crippen molar-refractivity contribution in [2.75, 3.05) is 19.5 Å². The van der Waals surface area contributed by atoms with E-state index < -0.39 is 7.60 Å². The van der Waals surface area contributed by atoms with Gasteiger partial charge in [-0.1, -0.05) is 15.9 Å². The minimum Gasteiger partial charge on any atom is -0.467 e. The number of nitrogens with one attached hydrogen (secondary N) is 1. The molecule has 9 heteroatoms. The lowest BCUT2D eigenvalue weighted by atomic mass is 10.2. The fraction of sp³-hybridized carbons (Fsp3) is 0.188. The van der Waals surface area contributed by atoms with E-state index in [2.05, 4.69) is 26.2 Å². The van der Waals surface area contributed by atoms with Gasteiger partial charge in [-0.05, 0) is 36.4 Å². The molecular formula is C16H16BrN2O5P. The standard InChI is InChI=1S/C16H16BrN2O5P/c1-21-25(20,22-2)16-15(18-10-13-4-3-9-23-13)24-14(19-16)11-5-7-12(17)8-6-11/h3-9,18H,10H2,1-2H3. The molecule has 132 valence electrons. The molecule has 0 bridgehead atoms. The van der Waals surface area contributed by atoms with Crippen LogP contribution < -0.4 is 10.8 Å².